The van der Waals surface area contributed by atoms with Crippen molar-refractivity contribution in [1.82, 2.24) is 9.55 Å². The first-order valence-corrected chi connectivity index (χ1v) is 8.16. The Morgan fingerprint density at radius 2 is 1.88 bits per heavy atom. The van der Waals surface area contributed by atoms with E-state index in [2.05, 4.69) is 4.98 Å². The van der Waals surface area contributed by atoms with Gasteiger partial charge in [-0.3, -0.25) is 4.79 Å². The molecule has 0 bridgehead atoms. The molecule has 3 rings (SSSR count). The second kappa shape index (κ2) is 7.07. The Morgan fingerprint density at radius 1 is 1.12 bits per heavy atom. The van der Waals surface area contributed by atoms with Crippen LogP contribution in [0.3, 0.4) is 0 Å². The number of benzene rings is 2. The summed E-state index contributed by atoms with van der Waals surface area (Å²) < 4.78 is 1.89. The van der Waals surface area contributed by atoms with Crippen LogP contribution >= 0.6 is 23.2 Å². The molecule has 0 aliphatic heterocycles. The first kappa shape index (κ1) is 16.6. The lowest BCUT2D eigenvalue weighted by molar-refractivity contribution is -0.118. The lowest BCUT2D eigenvalue weighted by Gasteiger charge is -2.12. The van der Waals surface area contributed by atoms with E-state index in [-0.39, 0.29) is 12.3 Å². The Labute approximate surface area is 149 Å². The van der Waals surface area contributed by atoms with E-state index >= 15 is 0 Å². The summed E-state index contributed by atoms with van der Waals surface area (Å²) in [5.41, 5.74) is 8.69. The van der Waals surface area contributed by atoms with Crippen molar-refractivity contribution in [2.75, 3.05) is 0 Å². The van der Waals surface area contributed by atoms with Crippen LogP contribution in [0.5, 0.6) is 0 Å². The van der Waals surface area contributed by atoms with Gasteiger partial charge in [-0.2, -0.15) is 0 Å². The summed E-state index contributed by atoms with van der Waals surface area (Å²) in [6.07, 6.45) is 1.92. The number of amides is 1. The molecule has 1 heterocycles. The van der Waals surface area contributed by atoms with Crippen LogP contribution in [0.25, 0.3) is 22.5 Å². The highest BCUT2D eigenvalue weighted by atomic mass is 35.5. The zero-order valence-corrected chi connectivity index (χ0v) is 14.3. The molecule has 0 radical (unpaired) electrons. The highest BCUT2D eigenvalue weighted by Gasteiger charge is 2.17. The lowest BCUT2D eigenvalue weighted by Crippen LogP contribution is -2.14. The van der Waals surface area contributed by atoms with Crippen molar-refractivity contribution in [3.8, 4) is 22.5 Å². The van der Waals surface area contributed by atoms with E-state index in [0.717, 1.165) is 22.5 Å². The van der Waals surface area contributed by atoms with Gasteiger partial charge in [0.05, 0.1) is 22.7 Å². The average molecular weight is 360 g/mol. The van der Waals surface area contributed by atoms with Crippen LogP contribution in [-0.2, 0) is 11.3 Å². The summed E-state index contributed by atoms with van der Waals surface area (Å²) in [5.74, 6) is -0.363. The molecule has 0 spiro atoms. The van der Waals surface area contributed by atoms with E-state index in [4.69, 9.17) is 28.9 Å². The molecule has 0 atom stereocenters. The number of rotatable bonds is 5. The first-order valence-electron chi connectivity index (χ1n) is 7.40. The second-order valence-corrected chi connectivity index (χ2v) is 6.19. The SMILES string of the molecule is NC(=O)CCn1cnc(-c2ccccc2)c1-c1ccc(Cl)cc1Cl. The van der Waals surface area contributed by atoms with Gasteiger partial charge in [-0.25, -0.2) is 4.98 Å². The van der Waals surface area contributed by atoms with E-state index in [1.54, 1.807) is 18.5 Å². The molecule has 0 aliphatic rings. The third kappa shape index (κ3) is 3.45. The molecular formula is C18H15Cl2N3O. The van der Waals surface area contributed by atoms with Gasteiger partial charge in [0.1, 0.15) is 0 Å². The molecule has 2 aromatic carbocycles. The summed E-state index contributed by atoms with van der Waals surface area (Å²) in [7, 11) is 0. The Bertz CT molecular complexity index is 875. The number of aryl methyl sites for hydroxylation is 1. The molecule has 0 fully saturated rings. The molecule has 0 saturated carbocycles. The minimum absolute atomic E-state index is 0.225. The molecule has 1 aromatic heterocycles. The molecule has 2 N–H and O–H groups in total. The maximum Gasteiger partial charge on any atom is 0.219 e. The number of halogens is 2. The van der Waals surface area contributed by atoms with Gasteiger partial charge in [-0.15, -0.1) is 0 Å². The fraction of sp³-hybridized carbons (Fsp3) is 0.111. The summed E-state index contributed by atoms with van der Waals surface area (Å²) in [5, 5.41) is 1.09. The molecule has 0 unspecified atom stereocenters. The number of nitrogens with zero attached hydrogens (tertiary/aromatic N) is 2. The van der Waals surface area contributed by atoms with Gasteiger partial charge in [0.25, 0.3) is 0 Å². The summed E-state index contributed by atoms with van der Waals surface area (Å²) in [4.78, 5) is 15.7. The van der Waals surface area contributed by atoms with E-state index in [1.807, 2.05) is 41.0 Å². The van der Waals surface area contributed by atoms with Crippen molar-refractivity contribution in [3.63, 3.8) is 0 Å². The number of nitrogens with two attached hydrogens (primary N) is 1. The summed E-state index contributed by atoms with van der Waals surface area (Å²) >= 11 is 12.4. The maximum absolute atomic E-state index is 11.2. The summed E-state index contributed by atoms with van der Waals surface area (Å²) in [6, 6.07) is 15.1. The number of hydrogen-bond donors (Lipinski definition) is 1. The van der Waals surface area contributed by atoms with Crippen LogP contribution in [-0.4, -0.2) is 15.5 Å². The Morgan fingerprint density at radius 3 is 2.54 bits per heavy atom. The van der Waals surface area contributed by atoms with Gasteiger partial charge >= 0.3 is 0 Å². The maximum atomic E-state index is 11.2. The molecule has 6 heteroatoms. The van der Waals surface area contributed by atoms with Crippen LogP contribution in [0.4, 0.5) is 0 Å². The summed E-state index contributed by atoms with van der Waals surface area (Å²) in [6.45, 7) is 0.434. The van der Waals surface area contributed by atoms with Crippen LogP contribution in [0.2, 0.25) is 10.0 Å². The minimum atomic E-state index is -0.363. The number of carbonyl (C=O) groups excluding carboxylic acids is 1. The molecule has 0 saturated heterocycles. The zero-order valence-electron chi connectivity index (χ0n) is 12.7. The third-order valence-corrected chi connectivity index (χ3v) is 4.22. The monoisotopic (exact) mass is 359 g/mol. The van der Waals surface area contributed by atoms with Gasteiger partial charge < -0.3 is 10.3 Å². The van der Waals surface area contributed by atoms with Crippen LogP contribution in [0.15, 0.2) is 54.9 Å². The Hall–Kier alpha value is -2.30. The predicted octanol–water partition coefficient (Wildman–Crippen LogP) is 4.40. The predicted molar refractivity (Wildman–Crippen MR) is 96.9 cm³/mol. The van der Waals surface area contributed by atoms with Gasteiger partial charge in [-0.1, -0.05) is 53.5 Å². The van der Waals surface area contributed by atoms with Crippen molar-refractivity contribution < 1.29 is 4.79 Å². The topological polar surface area (TPSA) is 60.9 Å². The normalized spacial score (nSPS) is 10.8. The Kier molecular flexibility index (Phi) is 4.88. The van der Waals surface area contributed by atoms with Gasteiger partial charge in [0.15, 0.2) is 0 Å². The fourth-order valence-corrected chi connectivity index (χ4v) is 3.05. The van der Waals surface area contributed by atoms with Crippen molar-refractivity contribution in [2.45, 2.75) is 13.0 Å². The standard InChI is InChI=1S/C18H15Cl2N3O/c19-13-6-7-14(15(20)10-13)18-17(12-4-2-1-3-5-12)22-11-23(18)9-8-16(21)24/h1-7,10-11H,8-9H2,(H2,21,24). The number of hydrogen-bond acceptors (Lipinski definition) is 2. The highest BCUT2D eigenvalue weighted by molar-refractivity contribution is 6.36. The quantitative estimate of drug-likeness (QED) is 0.733. The molecular weight excluding hydrogens is 345 g/mol. The van der Waals surface area contributed by atoms with Crippen molar-refractivity contribution in [1.29, 1.82) is 0 Å². The van der Waals surface area contributed by atoms with Crippen molar-refractivity contribution in [2.24, 2.45) is 5.73 Å². The van der Waals surface area contributed by atoms with Gasteiger partial charge in [0.2, 0.25) is 5.91 Å². The van der Waals surface area contributed by atoms with E-state index in [1.165, 1.54) is 0 Å². The lowest BCUT2D eigenvalue weighted by atomic mass is 10.0. The first-order chi connectivity index (χ1) is 11.6. The Balaban J connectivity index is 2.15. The zero-order chi connectivity index (χ0) is 17.1. The van der Waals surface area contributed by atoms with Crippen LogP contribution in [0.1, 0.15) is 6.42 Å². The van der Waals surface area contributed by atoms with E-state index in [0.29, 0.717) is 16.6 Å². The average Bonchev–Trinajstić information content (AvgIpc) is 2.97. The number of imidazole rings is 1. The van der Waals surface area contributed by atoms with E-state index in [9.17, 15) is 4.79 Å². The minimum Gasteiger partial charge on any atom is -0.370 e. The smallest absolute Gasteiger partial charge is 0.219 e. The second-order valence-electron chi connectivity index (χ2n) is 5.34. The van der Waals surface area contributed by atoms with Gasteiger partial charge in [-0.05, 0) is 18.2 Å². The number of carbonyl (C=O) groups is 1. The third-order valence-electron chi connectivity index (χ3n) is 3.67. The molecule has 122 valence electrons. The fourth-order valence-electron chi connectivity index (χ4n) is 2.55. The molecule has 1 amide bonds. The van der Waals surface area contributed by atoms with Crippen molar-refractivity contribution in [3.05, 3.63) is 64.9 Å². The van der Waals surface area contributed by atoms with Crippen LogP contribution < -0.4 is 5.73 Å². The molecule has 24 heavy (non-hydrogen) atoms. The largest absolute Gasteiger partial charge is 0.370 e. The molecule has 4 nitrogen and oxygen atoms in total. The number of primary amides is 1. The van der Waals surface area contributed by atoms with Crippen LogP contribution in [0, 0.1) is 0 Å². The van der Waals surface area contributed by atoms with Crippen molar-refractivity contribution >= 4 is 29.1 Å². The molecule has 3 aromatic rings. The van der Waals surface area contributed by atoms with E-state index < -0.39 is 0 Å². The molecule has 0 aliphatic carbocycles. The highest BCUT2D eigenvalue weighted by Crippen LogP contribution is 2.36. The number of aromatic nitrogens is 2. The van der Waals surface area contributed by atoms with Gasteiger partial charge in [0, 0.05) is 29.1 Å².